The Hall–Kier alpha value is -0.960. The first kappa shape index (κ1) is 16.1. The highest BCUT2D eigenvalue weighted by molar-refractivity contribution is 9.10. The molecule has 0 spiro atoms. The van der Waals surface area contributed by atoms with Gasteiger partial charge in [-0.15, -0.1) is 0 Å². The van der Waals surface area contributed by atoms with Gasteiger partial charge in [0, 0.05) is 11.6 Å². The molecule has 0 heterocycles. The average molecular weight is 352 g/mol. The molecule has 0 aliphatic rings. The second-order valence-corrected chi connectivity index (χ2v) is 6.27. The maximum Gasteiger partial charge on any atom is 0.339 e. The van der Waals surface area contributed by atoms with E-state index in [0.29, 0.717) is 4.47 Å². The fraction of sp³-hybridized carbons (Fsp3) is 0.364. The summed E-state index contributed by atoms with van der Waals surface area (Å²) in [6.07, 6.45) is -0.442. The van der Waals surface area contributed by atoms with Crippen LogP contribution >= 0.6 is 15.9 Å². The Labute approximate surface area is 120 Å². The van der Waals surface area contributed by atoms with Crippen LogP contribution in [-0.2, 0) is 19.5 Å². The molecule has 1 atom stereocenters. The molecule has 0 saturated heterocycles. The standard InChI is InChI=1S/C11H14BrNO5S/c1-7(6-17-2)18-11(14)9-5-8(19(13,15)16)3-4-10(9)12/h3-5,7H,6H2,1-2H3,(H2,13,15,16). The van der Waals surface area contributed by atoms with Gasteiger partial charge < -0.3 is 9.47 Å². The number of hydrogen-bond donors (Lipinski definition) is 1. The average Bonchev–Trinajstić information content (AvgIpc) is 2.27. The summed E-state index contributed by atoms with van der Waals surface area (Å²) in [5.74, 6) is -0.651. The number of benzene rings is 1. The van der Waals surface area contributed by atoms with E-state index >= 15 is 0 Å². The van der Waals surface area contributed by atoms with Crippen molar-refractivity contribution >= 4 is 31.9 Å². The molecule has 19 heavy (non-hydrogen) atoms. The van der Waals surface area contributed by atoms with Crippen LogP contribution in [0, 0.1) is 0 Å². The minimum atomic E-state index is -3.87. The molecular formula is C11H14BrNO5S. The van der Waals surface area contributed by atoms with Gasteiger partial charge in [-0.25, -0.2) is 18.4 Å². The molecule has 0 bridgehead atoms. The number of methoxy groups -OCH3 is 1. The predicted octanol–water partition coefficient (Wildman–Crippen LogP) is 1.29. The first-order chi connectivity index (χ1) is 8.75. The van der Waals surface area contributed by atoms with E-state index in [1.807, 2.05) is 0 Å². The van der Waals surface area contributed by atoms with Crippen LogP contribution in [0.5, 0.6) is 0 Å². The number of halogens is 1. The third kappa shape index (κ3) is 4.57. The molecule has 0 aliphatic heterocycles. The van der Waals surface area contributed by atoms with Gasteiger partial charge in [-0.2, -0.15) is 0 Å². The van der Waals surface area contributed by atoms with Crippen molar-refractivity contribution < 1.29 is 22.7 Å². The maximum absolute atomic E-state index is 11.9. The summed E-state index contributed by atoms with van der Waals surface area (Å²) in [5, 5.41) is 5.01. The lowest BCUT2D eigenvalue weighted by atomic mass is 10.2. The third-order valence-electron chi connectivity index (χ3n) is 2.20. The molecule has 0 fully saturated rings. The summed E-state index contributed by atoms with van der Waals surface area (Å²) in [6, 6.07) is 3.90. The summed E-state index contributed by atoms with van der Waals surface area (Å²) in [7, 11) is -2.38. The third-order valence-corrected chi connectivity index (χ3v) is 3.80. The van der Waals surface area contributed by atoms with E-state index < -0.39 is 22.1 Å². The fourth-order valence-corrected chi connectivity index (χ4v) is 2.30. The summed E-state index contributed by atoms with van der Waals surface area (Å²) < 4.78 is 32.8. The Morgan fingerprint density at radius 2 is 2.11 bits per heavy atom. The second-order valence-electron chi connectivity index (χ2n) is 3.86. The Bertz CT molecular complexity index is 572. The number of primary sulfonamides is 1. The van der Waals surface area contributed by atoms with E-state index in [-0.39, 0.29) is 17.1 Å². The number of sulfonamides is 1. The lowest BCUT2D eigenvalue weighted by Gasteiger charge is -2.13. The van der Waals surface area contributed by atoms with E-state index in [2.05, 4.69) is 15.9 Å². The van der Waals surface area contributed by atoms with Crippen LogP contribution in [0.4, 0.5) is 0 Å². The van der Waals surface area contributed by atoms with Crippen molar-refractivity contribution in [3.63, 3.8) is 0 Å². The zero-order valence-electron chi connectivity index (χ0n) is 10.4. The minimum Gasteiger partial charge on any atom is -0.457 e. The molecule has 106 valence electrons. The first-order valence-corrected chi connectivity index (χ1v) is 7.62. The van der Waals surface area contributed by atoms with Crippen molar-refractivity contribution in [1.29, 1.82) is 0 Å². The Morgan fingerprint density at radius 3 is 2.63 bits per heavy atom. The highest BCUT2D eigenvalue weighted by atomic mass is 79.9. The largest absolute Gasteiger partial charge is 0.457 e. The molecule has 1 unspecified atom stereocenters. The summed E-state index contributed by atoms with van der Waals surface area (Å²) in [4.78, 5) is 11.7. The SMILES string of the molecule is COCC(C)OC(=O)c1cc(S(N)(=O)=O)ccc1Br. The van der Waals surface area contributed by atoms with Gasteiger partial charge in [-0.05, 0) is 41.1 Å². The van der Waals surface area contributed by atoms with Gasteiger partial charge in [-0.1, -0.05) is 0 Å². The highest BCUT2D eigenvalue weighted by Gasteiger charge is 2.18. The van der Waals surface area contributed by atoms with Gasteiger partial charge >= 0.3 is 5.97 Å². The lowest BCUT2D eigenvalue weighted by molar-refractivity contribution is 0.0119. The van der Waals surface area contributed by atoms with Crippen LogP contribution in [0.3, 0.4) is 0 Å². The van der Waals surface area contributed by atoms with E-state index in [0.717, 1.165) is 0 Å². The number of esters is 1. The van der Waals surface area contributed by atoms with Crippen molar-refractivity contribution in [3.05, 3.63) is 28.2 Å². The normalized spacial score (nSPS) is 13.1. The molecule has 0 radical (unpaired) electrons. The quantitative estimate of drug-likeness (QED) is 0.806. The molecule has 1 aromatic rings. The van der Waals surface area contributed by atoms with Gasteiger partial charge in [-0.3, -0.25) is 0 Å². The minimum absolute atomic E-state index is 0.0921. The van der Waals surface area contributed by atoms with E-state index in [1.54, 1.807) is 6.92 Å². The van der Waals surface area contributed by atoms with E-state index in [9.17, 15) is 13.2 Å². The number of carbonyl (C=O) groups is 1. The Morgan fingerprint density at radius 1 is 1.47 bits per heavy atom. The lowest BCUT2D eigenvalue weighted by Crippen LogP contribution is -2.20. The van der Waals surface area contributed by atoms with Crippen LogP contribution in [0.2, 0.25) is 0 Å². The summed E-state index contributed by atoms with van der Waals surface area (Å²) >= 11 is 3.16. The van der Waals surface area contributed by atoms with Gasteiger partial charge in [0.2, 0.25) is 10.0 Å². The predicted molar refractivity (Wildman–Crippen MR) is 72.3 cm³/mol. The van der Waals surface area contributed by atoms with Crippen LogP contribution in [0.1, 0.15) is 17.3 Å². The summed E-state index contributed by atoms with van der Waals surface area (Å²) in [6.45, 7) is 1.91. The molecule has 0 amide bonds. The van der Waals surface area contributed by atoms with E-state index in [4.69, 9.17) is 14.6 Å². The van der Waals surface area contributed by atoms with Crippen molar-refractivity contribution in [2.75, 3.05) is 13.7 Å². The summed E-state index contributed by atoms with van der Waals surface area (Å²) in [5.41, 5.74) is 0.0921. The maximum atomic E-state index is 11.9. The fourth-order valence-electron chi connectivity index (χ4n) is 1.35. The molecule has 0 saturated carbocycles. The second kappa shape index (κ2) is 6.47. The highest BCUT2D eigenvalue weighted by Crippen LogP contribution is 2.21. The van der Waals surface area contributed by atoms with Crippen molar-refractivity contribution in [3.8, 4) is 0 Å². The van der Waals surface area contributed by atoms with Crippen LogP contribution < -0.4 is 5.14 Å². The molecule has 2 N–H and O–H groups in total. The number of nitrogens with two attached hydrogens (primary N) is 1. The van der Waals surface area contributed by atoms with Gasteiger partial charge in [0.15, 0.2) is 0 Å². The topological polar surface area (TPSA) is 95.7 Å². The molecule has 8 heteroatoms. The Kier molecular flexibility index (Phi) is 5.48. The smallest absolute Gasteiger partial charge is 0.339 e. The number of hydrogen-bond acceptors (Lipinski definition) is 5. The van der Waals surface area contributed by atoms with Crippen molar-refractivity contribution in [2.24, 2.45) is 5.14 Å². The van der Waals surface area contributed by atoms with Gasteiger partial charge in [0.25, 0.3) is 0 Å². The number of rotatable bonds is 5. The van der Waals surface area contributed by atoms with Crippen LogP contribution in [0.25, 0.3) is 0 Å². The molecule has 0 aliphatic carbocycles. The molecule has 6 nitrogen and oxygen atoms in total. The van der Waals surface area contributed by atoms with Crippen LogP contribution in [-0.4, -0.2) is 34.2 Å². The molecule has 1 aromatic carbocycles. The number of ether oxygens (including phenoxy) is 2. The van der Waals surface area contributed by atoms with E-state index in [1.165, 1.54) is 25.3 Å². The first-order valence-electron chi connectivity index (χ1n) is 5.28. The van der Waals surface area contributed by atoms with Gasteiger partial charge in [0.05, 0.1) is 17.1 Å². The number of carbonyl (C=O) groups excluding carboxylic acids is 1. The molecule has 1 rings (SSSR count). The van der Waals surface area contributed by atoms with Crippen LogP contribution in [0.15, 0.2) is 27.6 Å². The van der Waals surface area contributed by atoms with Crippen molar-refractivity contribution in [2.45, 2.75) is 17.9 Å². The molecule has 0 aromatic heterocycles. The van der Waals surface area contributed by atoms with Crippen molar-refractivity contribution in [1.82, 2.24) is 0 Å². The molecular weight excluding hydrogens is 338 g/mol. The zero-order chi connectivity index (χ0) is 14.6. The van der Waals surface area contributed by atoms with Gasteiger partial charge in [0.1, 0.15) is 6.10 Å². The monoisotopic (exact) mass is 351 g/mol. The Balaban J connectivity index is 3.03. The zero-order valence-corrected chi connectivity index (χ0v) is 12.8.